The highest BCUT2D eigenvalue weighted by atomic mass is 79.9. The zero-order chi connectivity index (χ0) is 15.9. The number of anilines is 2. The van der Waals surface area contributed by atoms with Crippen LogP contribution in [0.25, 0.3) is 0 Å². The third-order valence-electron chi connectivity index (χ3n) is 3.42. The first-order valence-corrected chi connectivity index (χ1v) is 8.68. The molecule has 6 nitrogen and oxygen atoms in total. The number of sulfonamides is 1. The number of rotatable bonds is 3. The summed E-state index contributed by atoms with van der Waals surface area (Å²) >= 11 is 3.19. The average molecular weight is 382 g/mol. The maximum atomic E-state index is 12.4. The molecule has 1 amide bonds. The van der Waals surface area contributed by atoms with Gasteiger partial charge in [-0.2, -0.15) is 0 Å². The topological polar surface area (TPSA) is 79.4 Å². The van der Waals surface area contributed by atoms with Crippen LogP contribution in [0.3, 0.4) is 0 Å². The predicted molar refractivity (Wildman–Crippen MR) is 86.3 cm³/mol. The molecule has 0 spiro atoms. The second-order valence-corrected chi connectivity index (χ2v) is 7.39. The van der Waals surface area contributed by atoms with E-state index in [1.54, 1.807) is 25.2 Å². The number of likely N-dealkylation sites (N-methyl/N-ethyl adjacent to an activating group) is 1. The number of pyridine rings is 1. The highest BCUT2D eigenvalue weighted by Crippen LogP contribution is 2.30. The van der Waals surface area contributed by atoms with E-state index in [9.17, 15) is 13.2 Å². The Morgan fingerprint density at radius 3 is 2.73 bits per heavy atom. The second-order valence-electron chi connectivity index (χ2n) is 4.90. The van der Waals surface area contributed by atoms with E-state index in [2.05, 4.69) is 25.6 Å². The molecule has 1 aromatic carbocycles. The van der Waals surface area contributed by atoms with Crippen molar-refractivity contribution in [3.63, 3.8) is 0 Å². The Kier molecular flexibility index (Phi) is 3.65. The van der Waals surface area contributed by atoms with E-state index in [1.807, 2.05) is 0 Å². The minimum atomic E-state index is -3.72. The van der Waals surface area contributed by atoms with Crippen LogP contribution in [0.1, 0.15) is 5.56 Å². The van der Waals surface area contributed by atoms with Crippen molar-refractivity contribution in [2.24, 2.45) is 0 Å². The fourth-order valence-corrected chi connectivity index (χ4v) is 3.59. The number of benzene rings is 1. The minimum Gasteiger partial charge on any atom is -0.315 e. The van der Waals surface area contributed by atoms with Crippen molar-refractivity contribution >= 4 is 43.2 Å². The van der Waals surface area contributed by atoms with Crippen LogP contribution < -0.4 is 9.62 Å². The molecule has 0 radical (unpaired) electrons. The van der Waals surface area contributed by atoms with Crippen molar-refractivity contribution in [1.29, 1.82) is 0 Å². The van der Waals surface area contributed by atoms with Crippen LogP contribution in [-0.2, 0) is 21.2 Å². The Morgan fingerprint density at radius 1 is 1.27 bits per heavy atom. The fraction of sp³-hybridized carbons (Fsp3) is 0.143. The van der Waals surface area contributed by atoms with Gasteiger partial charge in [0.2, 0.25) is 5.91 Å². The lowest BCUT2D eigenvalue weighted by Crippen LogP contribution is -2.20. The molecule has 22 heavy (non-hydrogen) atoms. The molecule has 0 atom stereocenters. The molecule has 1 aliphatic rings. The van der Waals surface area contributed by atoms with Crippen LogP contribution in [0.5, 0.6) is 0 Å². The Bertz CT molecular complexity index is 850. The predicted octanol–water partition coefficient (Wildman–Crippen LogP) is 2.16. The molecule has 0 unspecified atom stereocenters. The number of halogens is 1. The number of nitrogens with zero attached hydrogens (tertiary/aromatic N) is 2. The Morgan fingerprint density at radius 2 is 2.05 bits per heavy atom. The molecular weight excluding hydrogens is 370 g/mol. The van der Waals surface area contributed by atoms with Gasteiger partial charge >= 0.3 is 0 Å². The lowest BCUT2D eigenvalue weighted by molar-refractivity contribution is -0.117. The van der Waals surface area contributed by atoms with Crippen molar-refractivity contribution in [3.8, 4) is 0 Å². The molecule has 0 fully saturated rings. The first-order valence-electron chi connectivity index (χ1n) is 6.41. The summed E-state index contributed by atoms with van der Waals surface area (Å²) in [5.41, 5.74) is 1.83. The molecule has 0 saturated carbocycles. The Balaban J connectivity index is 1.92. The number of carbonyl (C=O) groups excluding carboxylic acids is 1. The molecule has 1 aromatic heterocycles. The van der Waals surface area contributed by atoms with E-state index >= 15 is 0 Å². The van der Waals surface area contributed by atoms with E-state index in [-0.39, 0.29) is 17.2 Å². The SMILES string of the molecule is CN1C(=O)Cc2cc(S(=O)(=O)Nc3ccc(Br)nc3)ccc21. The van der Waals surface area contributed by atoms with Gasteiger partial charge in [-0.15, -0.1) is 0 Å². The maximum Gasteiger partial charge on any atom is 0.261 e. The summed E-state index contributed by atoms with van der Waals surface area (Å²) in [5.74, 6) is -0.0467. The third kappa shape index (κ3) is 2.71. The van der Waals surface area contributed by atoms with Crippen molar-refractivity contribution in [2.75, 3.05) is 16.7 Å². The summed E-state index contributed by atoms with van der Waals surface area (Å²) in [5, 5.41) is 0. The lowest BCUT2D eigenvalue weighted by atomic mass is 10.2. The maximum absolute atomic E-state index is 12.4. The molecule has 1 N–H and O–H groups in total. The number of nitrogens with one attached hydrogen (secondary N) is 1. The number of amides is 1. The third-order valence-corrected chi connectivity index (χ3v) is 5.27. The lowest BCUT2D eigenvalue weighted by Gasteiger charge is -2.11. The number of aromatic nitrogens is 1. The van der Waals surface area contributed by atoms with Crippen molar-refractivity contribution in [3.05, 3.63) is 46.7 Å². The van der Waals surface area contributed by atoms with E-state index in [1.165, 1.54) is 23.2 Å². The first-order chi connectivity index (χ1) is 10.4. The van der Waals surface area contributed by atoms with Crippen LogP contribution in [0.2, 0.25) is 0 Å². The monoisotopic (exact) mass is 381 g/mol. The second kappa shape index (κ2) is 5.36. The fourth-order valence-electron chi connectivity index (χ4n) is 2.26. The van der Waals surface area contributed by atoms with Gasteiger partial charge in [0.1, 0.15) is 4.60 Å². The molecule has 2 aromatic rings. The van der Waals surface area contributed by atoms with E-state index < -0.39 is 10.0 Å². The van der Waals surface area contributed by atoms with Gasteiger partial charge in [-0.3, -0.25) is 9.52 Å². The summed E-state index contributed by atoms with van der Waals surface area (Å²) in [6.07, 6.45) is 1.64. The molecule has 3 rings (SSSR count). The zero-order valence-electron chi connectivity index (χ0n) is 11.6. The van der Waals surface area contributed by atoms with Crippen LogP contribution in [0, 0.1) is 0 Å². The number of fused-ring (bicyclic) bond motifs is 1. The van der Waals surface area contributed by atoms with Crippen LogP contribution in [0.4, 0.5) is 11.4 Å². The standard InChI is InChI=1S/C14H12BrN3O3S/c1-18-12-4-3-11(6-9(12)7-14(18)19)22(20,21)17-10-2-5-13(15)16-8-10/h2-6,8,17H,7H2,1H3. The molecule has 0 saturated heterocycles. The highest BCUT2D eigenvalue weighted by molar-refractivity contribution is 9.10. The van der Waals surface area contributed by atoms with Gasteiger partial charge in [0, 0.05) is 12.7 Å². The van der Waals surface area contributed by atoms with Gasteiger partial charge in [-0.1, -0.05) is 0 Å². The van der Waals surface area contributed by atoms with E-state index in [4.69, 9.17) is 0 Å². The van der Waals surface area contributed by atoms with Crippen LogP contribution >= 0.6 is 15.9 Å². The van der Waals surface area contributed by atoms with Gasteiger partial charge < -0.3 is 4.90 Å². The minimum absolute atomic E-state index is 0.0467. The smallest absolute Gasteiger partial charge is 0.261 e. The molecular formula is C14H12BrN3O3S. The molecule has 2 heterocycles. The van der Waals surface area contributed by atoms with Gasteiger partial charge in [-0.25, -0.2) is 13.4 Å². The molecule has 0 bridgehead atoms. The van der Waals surface area contributed by atoms with Crippen molar-refractivity contribution < 1.29 is 13.2 Å². The van der Waals surface area contributed by atoms with Crippen molar-refractivity contribution in [2.45, 2.75) is 11.3 Å². The molecule has 1 aliphatic heterocycles. The van der Waals surface area contributed by atoms with Gasteiger partial charge in [0.25, 0.3) is 10.0 Å². The molecule has 0 aliphatic carbocycles. The van der Waals surface area contributed by atoms with Crippen LogP contribution in [0.15, 0.2) is 46.0 Å². The normalized spacial score (nSPS) is 14.1. The summed E-state index contributed by atoms with van der Waals surface area (Å²) in [6, 6.07) is 7.93. The summed E-state index contributed by atoms with van der Waals surface area (Å²) in [4.78, 5) is 17.3. The molecule has 114 valence electrons. The number of hydrogen-bond acceptors (Lipinski definition) is 4. The summed E-state index contributed by atoms with van der Waals surface area (Å²) < 4.78 is 27.9. The highest BCUT2D eigenvalue weighted by Gasteiger charge is 2.26. The number of hydrogen-bond donors (Lipinski definition) is 1. The van der Waals surface area contributed by atoms with E-state index in [0.717, 1.165) is 5.69 Å². The zero-order valence-corrected chi connectivity index (χ0v) is 14.0. The Labute approximate surface area is 136 Å². The summed E-state index contributed by atoms with van der Waals surface area (Å²) in [6.45, 7) is 0. The average Bonchev–Trinajstić information content (AvgIpc) is 2.76. The first kappa shape index (κ1) is 15.0. The molecule has 8 heteroatoms. The van der Waals surface area contributed by atoms with Gasteiger partial charge in [-0.05, 0) is 51.8 Å². The quantitative estimate of drug-likeness (QED) is 0.826. The van der Waals surface area contributed by atoms with Gasteiger partial charge in [0.05, 0.1) is 23.2 Å². The summed E-state index contributed by atoms with van der Waals surface area (Å²) in [7, 11) is -2.04. The van der Waals surface area contributed by atoms with E-state index in [0.29, 0.717) is 15.9 Å². The number of carbonyl (C=O) groups is 1. The van der Waals surface area contributed by atoms with Crippen molar-refractivity contribution in [1.82, 2.24) is 4.98 Å². The Hall–Kier alpha value is -1.93. The largest absolute Gasteiger partial charge is 0.315 e. The van der Waals surface area contributed by atoms with Crippen LogP contribution in [-0.4, -0.2) is 26.4 Å². The van der Waals surface area contributed by atoms with Gasteiger partial charge in [0.15, 0.2) is 0 Å².